The van der Waals surface area contributed by atoms with Crippen LogP contribution in [-0.4, -0.2) is 30.1 Å². The fourth-order valence-electron chi connectivity index (χ4n) is 1.85. The van der Waals surface area contributed by atoms with Gasteiger partial charge < -0.3 is 5.73 Å². The van der Waals surface area contributed by atoms with E-state index in [0.717, 1.165) is 19.0 Å². The summed E-state index contributed by atoms with van der Waals surface area (Å²) in [6.45, 7) is 12.4. The van der Waals surface area contributed by atoms with Gasteiger partial charge in [-0.2, -0.15) is 0 Å². The molecule has 78 valence electrons. The van der Waals surface area contributed by atoms with Gasteiger partial charge in [-0.05, 0) is 11.8 Å². The van der Waals surface area contributed by atoms with Gasteiger partial charge in [0.05, 0.1) is 0 Å². The molecule has 1 atom stereocenters. The first kappa shape index (κ1) is 11.0. The fourth-order valence-corrected chi connectivity index (χ4v) is 1.85. The molecule has 0 aliphatic carbocycles. The summed E-state index contributed by atoms with van der Waals surface area (Å²) in [5.41, 5.74) is 6.32. The zero-order chi connectivity index (χ0) is 10.1. The lowest BCUT2D eigenvalue weighted by Gasteiger charge is -2.51. The number of hydrogen-bond acceptors (Lipinski definition) is 2. The first-order valence-electron chi connectivity index (χ1n) is 5.49. The molecule has 1 fully saturated rings. The average Bonchev–Trinajstić information content (AvgIpc) is 2.00. The molecule has 0 saturated carbocycles. The van der Waals surface area contributed by atoms with Crippen LogP contribution in [0.2, 0.25) is 0 Å². The molecule has 2 N–H and O–H groups in total. The Labute approximate surface area is 82.5 Å². The van der Waals surface area contributed by atoms with E-state index in [4.69, 9.17) is 5.73 Å². The Morgan fingerprint density at radius 1 is 1.31 bits per heavy atom. The van der Waals surface area contributed by atoms with E-state index < -0.39 is 0 Å². The van der Waals surface area contributed by atoms with E-state index in [9.17, 15) is 0 Å². The highest BCUT2D eigenvalue weighted by Crippen LogP contribution is 2.26. The van der Waals surface area contributed by atoms with E-state index in [1.165, 1.54) is 13.0 Å². The Kier molecular flexibility index (Phi) is 3.36. The summed E-state index contributed by atoms with van der Waals surface area (Å²) in [5, 5.41) is 0. The molecule has 0 aromatic heterocycles. The highest BCUT2D eigenvalue weighted by molar-refractivity contribution is 5.01. The minimum absolute atomic E-state index is 0.105. The molecule has 0 spiro atoms. The first-order valence-corrected chi connectivity index (χ1v) is 5.49. The topological polar surface area (TPSA) is 29.3 Å². The molecule has 0 aromatic rings. The summed E-state index contributed by atoms with van der Waals surface area (Å²) < 4.78 is 0. The Morgan fingerprint density at radius 3 is 2.23 bits per heavy atom. The Morgan fingerprint density at radius 2 is 1.85 bits per heavy atom. The van der Waals surface area contributed by atoms with Crippen molar-refractivity contribution in [3.05, 3.63) is 0 Å². The maximum atomic E-state index is 6.21. The molecule has 0 bridgehead atoms. The van der Waals surface area contributed by atoms with Gasteiger partial charge in [-0.25, -0.2) is 0 Å². The second kappa shape index (κ2) is 3.97. The van der Waals surface area contributed by atoms with Crippen LogP contribution in [0.1, 0.15) is 34.1 Å². The van der Waals surface area contributed by atoms with Crippen LogP contribution in [0.4, 0.5) is 0 Å². The van der Waals surface area contributed by atoms with E-state index in [-0.39, 0.29) is 5.54 Å². The van der Waals surface area contributed by atoms with Crippen molar-refractivity contribution < 1.29 is 0 Å². The summed E-state index contributed by atoms with van der Waals surface area (Å²) in [7, 11) is 0. The number of nitrogens with zero attached hydrogens (tertiary/aromatic N) is 1. The van der Waals surface area contributed by atoms with Crippen molar-refractivity contribution in [1.29, 1.82) is 0 Å². The van der Waals surface area contributed by atoms with Crippen molar-refractivity contribution in [1.82, 2.24) is 4.90 Å². The number of nitrogens with two attached hydrogens (primary N) is 1. The molecule has 0 aromatic carbocycles. The molecule has 0 radical (unpaired) electrons. The van der Waals surface area contributed by atoms with Crippen LogP contribution >= 0.6 is 0 Å². The molecule has 1 unspecified atom stereocenters. The quantitative estimate of drug-likeness (QED) is 0.720. The van der Waals surface area contributed by atoms with Crippen LogP contribution in [0.3, 0.4) is 0 Å². The highest BCUT2D eigenvalue weighted by Gasteiger charge is 2.41. The third-order valence-electron chi connectivity index (χ3n) is 3.45. The second-order valence-corrected chi connectivity index (χ2v) is 5.07. The van der Waals surface area contributed by atoms with Gasteiger partial charge in [-0.1, -0.05) is 34.1 Å². The van der Waals surface area contributed by atoms with Gasteiger partial charge in [-0.3, -0.25) is 4.90 Å². The number of hydrogen-bond donors (Lipinski definition) is 1. The van der Waals surface area contributed by atoms with Crippen LogP contribution < -0.4 is 5.73 Å². The lowest BCUT2D eigenvalue weighted by Crippen LogP contribution is -2.70. The zero-order valence-corrected chi connectivity index (χ0v) is 9.51. The monoisotopic (exact) mass is 184 g/mol. The van der Waals surface area contributed by atoms with Crippen molar-refractivity contribution in [2.45, 2.75) is 39.7 Å². The average molecular weight is 184 g/mol. The smallest absolute Gasteiger partial charge is 0.0435 e. The third kappa shape index (κ3) is 2.44. The summed E-state index contributed by atoms with van der Waals surface area (Å²) in [4.78, 5) is 2.48. The highest BCUT2D eigenvalue weighted by atomic mass is 15.2. The lowest BCUT2D eigenvalue weighted by molar-refractivity contribution is 0.0269. The standard InChI is InChI=1S/C11H24N2/c1-5-10(4)6-13-7-11(12,8-13)9(2)3/h9-10H,5-8,12H2,1-4H3. The van der Waals surface area contributed by atoms with Crippen LogP contribution in [0.15, 0.2) is 0 Å². The van der Waals surface area contributed by atoms with Gasteiger partial charge >= 0.3 is 0 Å². The van der Waals surface area contributed by atoms with Gasteiger partial charge in [0.15, 0.2) is 0 Å². The molecule has 13 heavy (non-hydrogen) atoms. The van der Waals surface area contributed by atoms with E-state index in [2.05, 4.69) is 32.6 Å². The van der Waals surface area contributed by atoms with E-state index >= 15 is 0 Å². The number of rotatable bonds is 4. The molecule has 1 rings (SSSR count). The van der Waals surface area contributed by atoms with Crippen molar-refractivity contribution in [2.75, 3.05) is 19.6 Å². The van der Waals surface area contributed by atoms with Gasteiger partial charge in [0.1, 0.15) is 0 Å². The Bertz CT molecular complexity index is 159. The lowest BCUT2D eigenvalue weighted by atomic mass is 9.80. The molecule has 2 heteroatoms. The minimum atomic E-state index is 0.105. The minimum Gasteiger partial charge on any atom is -0.323 e. The maximum Gasteiger partial charge on any atom is 0.0435 e. The third-order valence-corrected chi connectivity index (χ3v) is 3.45. The van der Waals surface area contributed by atoms with Crippen LogP contribution in [0.25, 0.3) is 0 Å². The first-order chi connectivity index (χ1) is 5.98. The molecule has 0 amide bonds. The molecule has 1 aliphatic rings. The summed E-state index contributed by atoms with van der Waals surface area (Å²) in [6.07, 6.45) is 1.27. The van der Waals surface area contributed by atoms with Crippen LogP contribution in [-0.2, 0) is 0 Å². The van der Waals surface area contributed by atoms with Gasteiger partial charge in [0, 0.05) is 25.2 Å². The summed E-state index contributed by atoms with van der Waals surface area (Å²) in [6, 6.07) is 0. The normalized spacial score (nSPS) is 24.5. The predicted octanol–water partition coefficient (Wildman–Crippen LogP) is 1.70. The Balaban J connectivity index is 2.25. The molecule has 1 saturated heterocycles. The van der Waals surface area contributed by atoms with Crippen molar-refractivity contribution >= 4 is 0 Å². The largest absolute Gasteiger partial charge is 0.323 e. The van der Waals surface area contributed by atoms with E-state index in [1.807, 2.05) is 0 Å². The van der Waals surface area contributed by atoms with Crippen LogP contribution in [0.5, 0.6) is 0 Å². The van der Waals surface area contributed by atoms with Gasteiger partial charge in [0.25, 0.3) is 0 Å². The van der Waals surface area contributed by atoms with E-state index in [0.29, 0.717) is 5.92 Å². The molecular formula is C11H24N2. The molecule has 2 nitrogen and oxygen atoms in total. The van der Waals surface area contributed by atoms with Crippen LogP contribution in [0, 0.1) is 11.8 Å². The van der Waals surface area contributed by atoms with Gasteiger partial charge in [0.2, 0.25) is 0 Å². The molecule has 1 heterocycles. The Hall–Kier alpha value is -0.0800. The molecular weight excluding hydrogens is 160 g/mol. The number of likely N-dealkylation sites (tertiary alicyclic amines) is 1. The SMILES string of the molecule is CCC(C)CN1CC(N)(C(C)C)C1. The summed E-state index contributed by atoms with van der Waals surface area (Å²) in [5.74, 6) is 1.43. The van der Waals surface area contributed by atoms with E-state index in [1.54, 1.807) is 0 Å². The maximum absolute atomic E-state index is 6.21. The zero-order valence-electron chi connectivity index (χ0n) is 9.51. The molecule has 1 aliphatic heterocycles. The van der Waals surface area contributed by atoms with Gasteiger partial charge in [-0.15, -0.1) is 0 Å². The fraction of sp³-hybridized carbons (Fsp3) is 1.00. The van der Waals surface area contributed by atoms with Crippen molar-refractivity contribution in [3.8, 4) is 0 Å². The predicted molar refractivity (Wildman–Crippen MR) is 57.7 cm³/mol. The second-order valence-electron chi connectivity index (χ2n) is 5.07. The summed E-state index contributed by atoms with van der Waals surface area (Å²) >= 11 is 0. The van der Waals surface area contributed by atoms with Crippen molar-refractivity contribution in [2.24, 2.45) is 17.6 Å². The van der Waals surface area contributed by atoms with Crippen molar-refractivity contribution in [3.63, 3.8) is 0 Å².